The van der Waals surface area contributed by atoms with E-state index in [0.29, 0.717) is 18.6 Å². The Kier molecular flexibility index (Phi) is 7.93. The van der Waals surface area contributed by atoms with Crippen molar-refractivity contribution in [3.05, 3.63) is 0 Å². The summed E-state index contributed by atoms with van der Waals surface area (Å²) in [5.41, 5.74) is -0.447. The predicted octanol–water partition coefficient (Wildman–Crippen LogP) is 0.469. The average Bonchev–Trinajstić information content (AvgIpc) is 2.56. The molecule has 146 valence electrons. The highest BCUT2D eigenvalue weighted by atomic mass is 16.6. The summed E-state index contributed by atoms with van der Waals surface area (Å²) < 4.78 is 5.32. The Hall–Kier alpha value is -0.890. The molecule has 0 aromatic rings. The molecule has 0 aromatic carbocycles. The largest absolute Gasteiger partial charge is 0.444 e. The first-order valence-corrected chi connectivity index (χ1v) is 9.77. The standard InChI is InChI=1S/C18H37N5O2/c1-5-15(22-10-6-19-7-11-22)16-14-20-8-12-23(16)13-9-21-17(24)25-18(2,3)4/h15-16,19-20H,5-14H2,1-4H3,(H,21,24). The van der Waals surface area contributed by atoms with Crippen LogP contribution in [0.5, 0.6) is 0 Å². The molecule has 0 saturated carbocycles. The molecule has 2 saturated heterocycles. The van der Waals surface area contributed by atoms with E-state index in [1.54, 1.807) is 0 Å². The number of ether oxygens (including phenoxy) is 1. The molecule has 2 aliphatic rings. The van der Waals surface area contributed by atoms with Crippen molar-refractivity contribution in [1.82, 2.24) is 25.8 Å². The Labute approximate surface area is 152 Å². The van der Waals surface area contributed by atoms with E-state index >= 15 is 0 Å². The molecule has 7 nitrogen and oxygen atoms in total. The van der Waals surface area contributed by atoms with Crippen molar-refractivity contribution in [3.8, 4) is 0 Å². The molecule has 3 N–H and O–H groups in total. The Morgan fingerprint density at radius 1 is 1.20 bits per heavy atom. The number of hydrogen-bond donors (Lipinski definition) is 3. The first kappa shape index (κ1) is 20.4. The fraction of sp³-hybridized carbons (Fsp3) is 0.944. The molecule has 2 fully saturated rings. The van der Waals surface area contributed by atoms with Gasteiger partial charge in [0, 0.05) is 71.0 Å². The zero-order valence-corrected chi connectivity index (χ0v) is 16.4. The number of alkyl carbamates (subject to hydrolysis) is 1. The van der Waals surface area contributed by atoms with Gasteiger partial charge in [0.2, 0.25) is 0 Å². The van der Waals surface area contributed by atoms with Crippen LogP contribution in [0.2, 0.25) is 0 Å². The second-order valence-electron chi connectivity index (χ2n) is 8.00. The van der Waals surface area contributed by atoms with Gasteiger partial charge in [-0.05, 0) is 27.2 Å². The summed E-state index contributed by atoms with van der Waals surface area (Å²) in [4.78, 5) is 17.0. The summed E-state index contributed by atoms with van der Waals surface area (Å²) in [5.74, 6) is 0. The molecule has 1 amide bonds. The highest BCUT2D eigenvalue weighted by Gasteiger charge is 2.32. The number of hydrogen-bond acceptors (Lipinski definition) is 6. The summed E-state index contributed by atoms with van der Waals surface area (Å²) in [6, 6.07) is 1.06. The number of rotatable bonds is 6. The average molecular weight is 356 g/mol. The number of nitrogens with one attached hydrogen (secondary N) is 3. The van der Waals surface area contributed by atoms with E-state index in [2.05, 4.69) is 32.7 Å². The van der Waals surface area contributed by atoms with Crippen LogP contribution >= 0.6 is 0 Å². The topological polar surface area (TPSA) is 68.9 Å². The quantitative estimate of drug-likeness (QED) is 0.644. The molecule has 2 atom stereocenters. The number of piperazine rings is 2. The lowest BCUT2D eigenvalue weighted by Crippen LogP contribution is -2.63. The lowest BCUT2D eigenvalue weighted by Gasteiger charge is -2.46. The van der Waals surface area contributed by atoms with Crippen molar-refractivity contribution in [2.45, 2.75) is 51.8 Å². The predicted molar refractivity (Wildman–Crippen MR) is 101 cm³/mol. The summed E-state index contributed by atoms with van der Waals surface area (Å²) >= 11 is 0. The molecule has 2 heterocycles. The second-order valence-corrected chi connectivity index (χ2v) is 8.00. The van der Waals surface area contributed by atoms with Crippen LogP contribution in [-0.2, 0) is 4.74 Å². The van der Waals surface area contributed by atoms with E-state index in [9.17, 15) is 4.79 Å². The van der Waals surface area contributed by atoms with E-state index in [-0.39, 0.29) is 6.09 Å². The van der Waals surface area contributed by atoms with Gasteiger partial charge in [-0.2, -0.15) is 0 Å². The van der Waals surface area contributed by atoms with E-state index < -0.39 is 5.60 Å². The molecule has 0 spiro atoms. The molecular weight excluding hydrogens is 318 g/mol. The summed E-state index contributed by atoms with van der Waals surface area (Å²) in [6.07, 6.45) is 0.829. The van der Waals surface area contributed by atoms with E-state index in [4.69, 9.17) is 4.74 Å². The Morgan fingerprint density at radius 3 is 2.52 bits per heavy atom. The van der Waals surface area contributed by atoms with E-state index in [1.807, 2.05) is 20.8 Å². The van der Waals surface area contributed by atoms with Gasteiger partial charge in [-0.15, -0.1) is 0 Å². The Balaban J connectivity index is 1.85. The lowest BCUT2D eigenvalue weighted by atomic mass is 9.99. The van der Waals surface area contributed by atoms with Crippen LogP contribution in [0.1, 0.15) is 34.1 Å². The van der Waals surface area contributed by atoms with Crippen molar-refractivity contribution in [2.75, 3.05) is 58.9 Å². The molecule has 7 heteroatoms. The molecule has 0 radical (unpaired) electrons. The van der Waals surface area contributed by atoms with Crippen LogP contribution in [0.4, 0.5) is 4.79 Å². The van der Waals surface area contributed by atoms with Gasteiger partial charge >= 0.3 is 6.09 Å². The third-order valence-corrected chi connectivity index (χ3v) is 4.95. The highest BCUT2D eigenvalue weighted by molar-refractivity contribution is 5.67. The fourth-order valence-corrected chi connectivity index (χ4v) is 3.83. The summed E-state index contributed by atoms with van der Waals surface area (Å²) in [5, 5.41) is 9.89. The van der Waals surface area contributed by atoms with Crippen LogP contribution in [0, 0.1) is 0 Å². The molecule has 0 aliphatic carbocycles. The fourth-order valence-electron chi connectivity index (χ4n) is 3.83. The van der Waals surface area contributed by atoms with Crippen LogP contribution in [0.15, 0.2) is 0 Å². The van der Waals surface area contributed by atoms with Crippen LogP contribution in [0.25, 0.3) is 0 Å². The number of carbonyl (C=O) groups is 1. The first-order valence-electron chi connectivity index (χ1n) is 9.77. The van der Waals surface area contributed by atoms with Crippen molar-refractivity contribution in [2.24, 2.45) is 0 Å². The van der Waals surface area contributed by atoms with Gasteiger partial charge < -0.3 is 20.7 Å². The number of amides is 1. The number of carbonyl (C=O) groups excluding carboxylic acids is 1. The second kappa shape index (κ2) is 9.71. The third-order valence-electron chi connectivity index (χ3n) is 4.95. The van der Waals surface area contributed by atoms with Gasteiger partial charge in [0.1, 0.15) is 5.60 Å². The van der Waals surface area contributed by atoms with Gasteiger partial charge in [0.15, 0.2) is 0 Å². The van der Waals surface area contributed by atoms with E-state index in [0.717, 1.165) is 58.8 Å². The number of nitrogens with zero attached hydrogens (tertiary/aromatic N) is 2. The van der Waals surface area contributed by atoms with Gasteiger partial charge in [-0.25, -0.2) is 4.79 Å². The van der Waals surface area contributed by atoms with Gasteiger partial charge in [0.25, 0.3) is 0 Å². The minimum atomic E-state index is -0.447. The molecule has 2 unspecified atom stereocenters. The van der Waals surface area contributed by atoms with Gasteiger partial charge in [-0.1, -0.05) is 6.92 Å². The molecule has 2 aliphatic heterocycles. The molecule has 2 rings (SSSR count). The first-order chi connectivity index (χ1) is 11.9. The van der Waals surface area contributed by atoms with Gasteiger partial charge in [0.05, 0.1) is 0 Å². The maximum atomic E-state index is 11.8. The SMILES string of the molecule is CCC(C1CNCCN1CCNC(=O)OC(C)(C)C)N1CCNCC1. The normalized spacial score (nSPS) is 24.7. The zero-order chi connectivity index (χ0) is 18.3. The highest BCUT2D eigenvalue weighted by Crippen LogP contribution is 2.17. The monoisotopic (exact) mass is 355 g/mol. The maximum Gasteiger partial charge on any atom is 0.407 e. The van der Waals surface area contributed by atoms with Crippen LogP contribution < -0.4 is 16.0 Å². The zero-order valence-electron chi connectivity index (χ0n) is 16.4. The lowest BCUT2D eigenvalue weighted by molar-refractivity contribution is 0.0436. The summed E-state index contributed by atoms with van der Waals surface area (Å²) in [7, 11) is 0. The van der Waals surface area contributed by atoms with Crippen molar-refractivity contribution >= 4 is 6.09 Å². The molecule has 0 bridgehead atoms. The van der Waals surface area contributed by atoms with Crippen molar-refractivity contribution in [1.29, 1.82) is 0 Å². The smallest absolute Gasteiger partial charge is 0.407 e. The van der Waals surface area contributed by atoms with E-state index in [1.165, 1.54) is 0 Å². The molecular formula is C18H37N5O2. The Bertz CT molecular complexity index is 407. The van der Waals surface area contributed by atoms with Crippen molar-refractivity contribution in [3.63, 3.8) is 0 Å². The molecule has 0 aromatic heterocycles. The third kappa shape index (κ3) is 6.73. The van der Waals surface area contributed by atoms with Crippen LogP contribution in [0.3, 0.4) is 0 Å². The minimum absolute atomic E-state index is 0.326. The maximum absolute atomic E-state index is 11.8. The molecule has 25 heavy (non-hydrogen) atoms. The minimum Gasteiger partial charge on any atom is -0.444 e. The van der Waals surface area contributed by atoms with Gasteiger partial charge in [-0.3, -0.25) is 9.80 Å². The van der Waals surface area contributed by atoms with Crippen molar-refractivity contribution < 1.29 is 9.53 Å². The van der Waals surface area contributed by atoms with Crippen LogP contribution in [-0.4, -0.2) is 92.5 Å². The Morgan fingerprint density at radius 2 is 1.88 bits per heavy atom. The summed E-state index contributed by atoms with van der Waals surface area (Å²) in [6.45, 7) is 16.9.